The van der Waals surface area contributed by atoms with Crippen LogP contribution in [0.25, 0.3) is 27.6 Å². The third kappa shape index (κ3) is 2.67. The second kappa shape index (κ2) is 6.24. The molecule has 0 amide bonds. The minimum atomic E-state index is 0.319. The number of H-pyrrole nitrogens is 1. The maximum atomic E-state index is 4.91. The van der Waals surface area contributed by atoms with Gasteiger partial charge in [-0.05, 0) is 24.5 Å². The molecule has 0 atom stereocenters. The summed E-state index contributed by atoms with van der Waals surface area (Å²) < 4.78 is 1.82. The summed E-state index contributed by atoms with van der Waals surface area (Å²) in [6.07, 6.45) is 4.57. The van der Waals surface area contributed by atoms with Crippen LogP contribution in [0.15, 0.2) is 18.6 Å². The first-order valence-electron chi connectivity index (χ1n) is 9.20. The molecule has 0 spiro atoms. The second-order valence-electron chi connectivity index (χ2n) is 7.27. The highest BCUT2D eigenvalue weighted by Gasteiger charge is 2.24. The van der Waals surface area contributed by atoms with Crippen LogP contribution in [-0.4, -0.2) is 36.3 Å². The molecule has 1 aliphatic heterocycles. The van der Waals surface area contributed by atoms with E-state index in [0.29, 0.717) is 5.92 Å². The zero-order valence-corrected chi connectivity index (χ0v) is 16.4. The van der Waals surface area contributed by atoms with E-state index in [4.69, 9.17) is 4.98 Å². The van der Waals surface area contributed by atoms with Crippen LogP contribution in [0.3, 0.4) is 0 Å². The molecule has 4 aromatic heterocycles. The van der Waals surface area contributed by atoms with Gasteiger partial charge in [-0.25, -0.2) is 14.5 Å². The summed E-state index contributed by atoms with van der Waals surface area (Å²) in [4.78, 5) is 10.6. The van der Waals surface area contributed by atoms with Crippen molar-refractivity contribution in [3.05, 3.63) is 40.3 Å². The smallest absolute Gasteiger partial charge is 0.158 e. The number of pyridine rings is 1. The van der Waals surface area contributed by atoms with E-state index in [1.54, 1.807) is 17.7 Å². The zero-order valence-electron chi connectivity index (χ0n) is 15.6. The summed E-state index contributed by atoms with van der Waals surface area (Å²) in [5, 5.41) is 16.7. The molecular weight excluding hydrogens is 358 g/mol. The fourth-order valence-electron chi connectivity index (χ4n) is 3.75. The Hall–Kier alpha value is -2.58. The van der Waals surface area contributed by atoms with Crippen molar-refractivity contribution in [2.45, 2.75) is 39.7 Å². The summed E-state index contributed by atoms with van der Waals surface area (Å²) in [6, 6.07) is 2.13. The topological polar surface area (TPSA) is 83.8 Å². The fraction of sp³-hybridized carbons (Fsp3) is 0.368. The molecule has 0 saturated heterocycles. The molecule has 0 unspecified atom stereocenters. The van der Waals surface area contributed by atoms with Gasteiger partial charge in [0.25, 0.3) is 0 Å². The van der Waals surface area contributed by atoms with Gasteiger partial charge in [-0.15, -0.1) is 11.3 Å². The standard InChI is InChI=1S/C19H21N7S/c1-10(2)15-16(12-6-11(3)18-21-9-22-26(18)8-12)24-25-17(15)19-23-13-4-5-20-7-14(13)27-19/h6,8-10,20H,4-5,7H2,1-3H3,(H,24,25). The van der Waals surface area contributed by atoms with Gasteiger partial charge < -0.3 is 5.32 Å². The van der Waals surface area contributed by atoms with Crippen LogP contribution in [-0.2, 0) is 13.0 Å². The predicted molar refractivity (Wildman–Crippen MR) is 106 cm³/mol. The van der Waals surface area contributed by atoms with Gasteiger partial charge in [-0.3, -0.25) is 5.10 Å². The number of thiazole rings is 1. The van der Waals surface area contributed by atoms with Crippen molar-refractivity contribution in [1.82, 2.24) is 35.1 Å². The number of fused-ring (bicyclic) bond motifs is 2. The fourth-order valence-corrected chi connectivity index (χ4v) is 4.84. The summed E-state index contributed by atoms with van der Waals surface area (Å²) in [5.41, 5.74) is 7.43. The summed E-state index contributed by atoms with van der Waals surface area (Å²) >= 11 is 1.76. The molecule has 0 bridgehead atoms. The van der Waals surface area contributed by atoms with Crippen LogP contribution in [0.5, 0.6) is 0 Å². The molecule has 0 aliphatic carbocycles. The molecule has 138 valence electrons. The Morgan fingerprint density at radius 1 is 1.30 bits per heavy atom. The molecule has 5 rings (SSSR count). The third-order valence-corrected chi connectivity index (χ3v) is 6.15. The van der Waals surface area contributed by atoms with Gasteiger partial charge in [-0.1, -0.05) is 13.8 Å². The van der Waals surface area contributed by atoms with Gasteiger partial charge in [0, 0.05) is 41.7 Å². The van der Waals surface area contributed by atoms with Crippen molar-refractivity contribution in [1.29, 1.82) is 0 Å². The van der Waals surface area contributed by atoms with Crippen LogP contribution in [0.1, 0.15) is 41.5 Å². The Balaban J connectivity index is 1.66. The molecule has 4 aromatic rings. The lowest BCUT2D eigenvalue weighted by atomic mass is 9.97. The molecule has 27 heavy (non-hydrogen) atoms. The Morgan fingerprint density at radius 3 is 3.00 bits per heavy atom. The number of hydrogen-bond acceptors (Lipinski definition) is 6. The Kier molecular flexibility index (Phi) is 3.84. The van der Waals surface area contributed by atoms with E-state index in [1.165, 1.54) is 16.1 Å². The summed E-state index contributed by atoms with van der Waals surface area (Å²) in [5.74, 6) is 0.319. The molecule has 8 heteroatoms. The lowest BCUT2D eigenvalue weighted by molar-refractivity contribution is 0.644. The van der Waals surface area contributed by atoms with Crippen molar-refractivity contribution < 1.29 is 0 Å². The minimum Gasteiger partial charge on any atom is -0.311 e. The molecule has 0 aromatic carbocycles. The van der Waals surface area contributed by atoms with Crippen LogP contribution in [0.2, 0.25) is 0 Å². The average Bonchev–Trinajstić information content (AvgIpc) is 3.37. The molecule has 0 radical (unpaired) electrons. The molecular formula is C19H21N7S. The number of nitrogens with zero attached hydrogens (tertiary/aromatic N) is 5. The quantitative estimate of drug-likeness (QED) is 0.570. The van der Waals surface area contributed by atoms with Gasteiger partial charge in [0.15, 0.2) is 5.65 Å². The average molecular weight is 379 g/mol. The number of nitrogens with one attached hydrogen (secondary N) is 2. The van der Waals surface area contributed by atoms with E-state index >= 15 is 0 Å². The highest BCUT2D eigenvalue weighted by atomic mass is 32.1. The molecule has 7 nitrogen and oxygen atoms in total. The molecule has 0 fully saturated rings. The lowest BCUT2D eigenvalue weighted by Gasteiger charge is -2.09. The van der Waals surface area contributed by atoms with E-state index in [0.717, 1.165) is 52.7 Å². The Labute approximate surface area is 160 Å². The van der Waals surface area contributed by atoms with Gasteiger partial charge in [0.05, 0.1) is 17.1 Å². The maximum Gasteiger partial charge on any atom is 0.158 e. The van der Waals surface area contributed by atoms with Gasteiger partial charge in [-0.2, -0.15) is 10.2 Å². The van der Waals surface area contributed by atoms with Crippen molar-refractivity contribution >= 4 is 17.0 Å². The highest BCUT2D eigenvalue weighted by Crippen LogP contribution is 2.38. The first kappa shape index (κ1) is 16.6. The maximum absolute atomic E-state index is 4.91. The highest BCUT2D eigenvalue weighted by molar-refractivity contribution is 7.15. The molecule has 5 heterocycles. The van der Waals surface area contributed by atoms with Gasteiger partial charge >= 0.3 is 0 Å². The van der Waals surface area contributed by atoms with Crippen molar-refractivity contribution in [2.75, 3.05) is 6.54 Å². The largest absolute Gasteiger partial charge is 0.311 e. The Morgan fingerprint density at radius 2 is 2.19 bits per heavy atom. The molecule has 1 aliphatic rings. The minimum absolute atomic E-state index is 0.319. The second-order valence-corrected chi connectivity index (χ2v) is 8.35. The summed E-state index contributed by atoms with van der Waals surface area (Å²) in [6.45, 7) is 8.37. The number of aromatic amines is 1. The van der Waals surface area contributed by atoms with E-state index in [2.05, 4.69) is 52.4 Å². The van der Waals surface area contributed by atoms with Crippen LogP contribution in [0.4, 0.5) is 0 Å². The lowest BCUT2D eigenvalue weighted by Crippen LogP contribution is -2.22. The van der Waals surface area contributed by atoms with Crippen LogP contribution in [0, 0.1) is 6.92 Å². The first-order valence-corrected chi connectivity index (χ1v) is 10.0. The predicted octanol–water partition coefficient (Wildman–Crippen LogP) is 3.32. The number of aryl methyl sites for hydroxylation is 1. The van der Waals surface area contributed by atoms with E-state index in [-0.39, 0.29) is 0 Å². The van der Waals surface area contributed by atoms with Crippen molar-refractivity contribution in [3.8, 4) is 22.0 Å². The molecule has 2 N–H and O–H groups in total. The molecule has 0 saturated carbocycles. The number of aromatic nitrogens is 6. The van der Waals surface area contributed by atoms with Crippen LogP contribution < -0.4 is 5.32 Å². The Bertz CT molecular complexity index is 1110. The monoisotopic (exact) mass is 379 g/mol. The summed E-state index contributed by atoms with van der Waals surface area (Å²) in [7, 11) is 0. The third-order valence-electron chi connectivity index (χ3n) is 5.03. The van der Waals surface area contributed by atoms with Crippen molar-refractivity contribution in [3.63, 3.8) is 0 Å². The SMILES string of the molecule is Cc1cc(-c2n[nH]c(-c3nc4c(s3)CNCC4)c2C(C)C)cn2ncnc12. The van der Waals surface area contributed by atoms with E-state index in [9.17, 15) is 0 Å². The normalized spacial score (nSPS) is 14.2. The zero-order chi connectivity index (χ0) is 18.5. The van der Waals surface area contributed by atoms with E-state index in [1.807, 2.05) is 10.7 Å². The van der Waals surface area contributed by atoms with E-state index < -0.39 is 0 Å². The van der Waals surface area contributed by atoms with Gasteiger partial charge in [0.2, 0.25) is 0 Å². The van der Waals surface area contributed by atoms with Crippen molar-refractivity contribution in [2.24, 2.45) is 0 Å². The first-order chi connectivity index (χ1) is 13.1. The number of hydrogen-bond donors (Lipinski definition) is 2. The number of rotatable bonds is 3. The van der Waals surface area contributed by atoms with Crippen LogP contribution >= 0.6 is 11.3 Å². The van der Waals surface area contributed by atoms with Gasteiger partial charge in [0.1, 0.15) is 11.3 Å².